The van der Waals surface area contributed by atoms with E-state index < -0.39 is 16.7 Å². The van der Waals surface area contributed by atoms with Crippen molar-refractivity contribution in [3.63, 3.8) is 0 Å². The highest BCUT2D eigenvalue weighted by Crippen LogP contribution is 2.28. The Kier molecular flexibility index (Phi) is 7.50. The Morgan fingerprint density at radius 2 is 1.71 bits per heavy atom. The van der Waals surface area contributed by atoms with E-state index in [4.69, 9.17) is 5.26 Å². The van der Waals surface area contributed by atoms with Crippen LogP contribution in [-0.4, -0.2) is 37.3 Å². The van der Waals surface area contributed by atoms with Gasteiger partial charge in [0.05, 0.1) is 18.2 Å². The molecule has 35 heavy (non-hydrogen) atoms. The second-order valence-corrected chi connectivity index (χ2v) is 10.6. The van der Waals surface area contributed by atoms with Gasteiger partial charge in [-0.25, -0.2) is 14.8 Å². The molecular formula is C25H30N6O3S. The number of rotatable bonds is 6. The van der Waals surface area contributed by atoms with E-state index in [1.807, 2.05) is 52.8 Å². The average molecular weight is 495 g/mol. The fraction of sp³-hybridized carbons (Fsp3) is 0.440. The lowest BCUT2D eigenvalue weighted by atomic mass is 9.96. The lowest BCUT2D eigenvalue weighted by Crippen LogP contribution is -2.38. The maximum Gasteiger partial charge on any atom is 0.332 e. The van der Waals surface area contributed by atoms with Crippen molar-refractivity contribution in [3.05, 3.63) is 56.0 Å². The minimum absolute atomic E-state index is 0.000108. The Morgan fingerprint density at radius 1 is 1.09 bits per heavy atom. The molecule has 3 aromatic rings. The maximum absolute atomic E-state index is 13.4. The summed E-state index contributed by atoms with van der Waals surface area (Å²) >= 11 is 1.14. The molecule has 0 aliphatic rings. The van der Waals surface area contributed by atoms with Crippen molar-refractivity contribution in [1.29, 1.82) is 5.26 Å². The molecule has 0 fully saturated rings. The van der Waals surface area contributed by atoms with Crippen LogP contribution in [0.25, 0.3) is 11.0 Å². The SMILES string of the molecule is Cc1cc(C)cc(N(CCC#N)C(=O)CSc2nc(C(C)(C)C)nc3c2c(=O)n(C)c(=O)n3C)c1. The van der Waals surface area contributed by atoms with Crippen molar-refractivity contribution in [2.24, 2.45) is 14.1 Å². The van der Waals surface area contributed by atoms with E-state index in [0.717, 1.165) is 33.1 Å². The lowest BCUT2D eigenvalue weighted by Gasteiger charge is -2.23. The number of hydrogen-bond acceptors (Lipinski definition) is 7. The van der Waals surface area contributed by atoms with Crippen molar-refractivity contribution < 1.29 is 4.79 Å². The third kappa shape index (κ3) is 5.46. The van der Waals surface area contributed by atoms with Crippen LogP contribution in [0.1, 0.15) is 44.1 Å². The van der Waals surface area contributed by atoms with Crippen LogP contribution in [0.3, 0.4) is 0 Å². The van der Waals surface area contributed by atoms with Crippen LogP contribution in [0.5, 0.6) is 0 Å². The fourth-order valence-corrected chi connectivity index (χ4v) is 4.63. The Morgan fingerprint density at radius 3 is 2.29 bits per heavy atom. The maximum atomic E-state index is 13.4. The molecule has 0 aliphatic carbocycles. The summed E-state index contributed by atoms with van der Waals surface area (Å²) in [5, 5.41) is 9.67. The van der Waals surface area contributed by atoms with Crippen LogP contribution in [0.4, 0.5) is 5.69 Å². The minimum atomic E-state index is -0.505. The second kappa shape index (κ2) is 10.0. The number of thioether (sulfide) groups is 1. The normalized spacial score (nSPS) is 11.5. The summed E-state index contributed by atoms with van der Waals surface area (Å²) in [5.41, 5.74) is 1.57. The van der Waals surface area contributed by atoms with Gasteiger partial charge >= 0.3 is 5.69 Å². The zero-order valence-corrected chi connectivity index (χ0v) is 22.0. The minimum Gasteiger partial charge on any atom is -0.311 e. The highest BCUT2D eigenvalue weighted by Gasteiger charge is 2.25. The second-order valence-electron chi connectivity index (χ2n) is 9.59. The van der Waals surface area contributed by atoms with Crippen molar-refractivity contribution in [2.45, 2.75) is 51.5 Å². The number of benzene rings is 1. The van der Waals surface area contributed by atoms with Crippen molar-refractivity contribution in [2.75, 3.05) is 17.2 Å². The summed E-state index contributed by atoms with van der Waals surface area (Å²) in [4.78, 5) is 49.7. The molecule has 1 aromatic carbocycles. The number of carbonyl (C=O) groups is 1. The molecule has 184 valence electrons. The summed E-state index contributed by atoms with van der Waals surface area (Å²) < 4.78 is 2.34. The number of aromatic nitrogens is 4. The van der Waals surface area contributed by atoms with Gasteiger partial charge in [0.15, 0.2) is 5.65 Å². The van der Waals surface area contributed by atoms with Crippen molar-refractivity contribution in [3.8, 4) is 6.07 Å². The zero-order chi connectivity index (χ0) is 26.1. The first-order chi connectivity index (χ1) is 16.3. The molecule has 2 aromatic heterocycles. The molecule has 0 atom stereocenters. The molecule has 1 amide bonds. The molecule has 10 heteroatoms. The van der Waals surface area contributed by atoms with Gasteiger partial charge in [-0.05, 0) is 37.1 Å². The van der Waals surface area contributed by atoms with E-state index in [0.29, 0.717) is 10.9 Å². The first kappa shape index (κ1) is 26.2. The smallest absolute Gasteiger partial charge is 0.311 e. The van der Waals surface area contributed by atoms with E-state index in [1.165, 1.54) is 11.6 Å². The number of anilines is 1. The summed E-state index contributed by atoms with van der Waals surface area (Å²) in [5.74, 6) is 0.264. The van der Waals surface area contributed by atoms with Gasteiger partial charge in [0.2, 0.25) is 5.91 Å². The van der Waals surface area contributed by atoms with E-state index in [9.17, 15) is 14.4 Å². The van der Waals surface area contributed by atoms with Crippen LogP contribution in [0.2, 0.25) is 0 Å². The van der Waals surface area contributed by atoms with Gasteiger partial charge in [-0.1, -0.05) is 38.6 Å². The number of fused-ring (bicyclic) bond motifs is 1. The van der Waals surface area contributed by atoms with Crippen LogP contribution >= 0.6 is 11.8 Å². The number of aryl methyl sites for hydroxylation is 3. The molecule has 0 radical (unpaired) electrons. The molecule has 0 unspecified atom stereocenters. The predicted octanol–water partition coefficient (Wildman–Crippen LogP) is 2.98. The van der Waals surface area contributed by atoms with E-state index in [-0.39, 0.29) is 35.7 Å². The zero-order valence-electron chi connectivity index (χ0n) is 21.2. The van der Waals surface area contributed by atoms with E-state index >= 15 is 0 Å². The van der Waals surface area contributed by atoms with Crippen LogP contribution in [0.15, 0.2) is 32.8 Å². The molecule has 3 rings (SSSR count). The van der Waals surface area contributed by atoms with Gasteiger partial charge in [0, 0.05) is 31.7 Å². The first-order valence-electron chi connectivity index (χ1n) is 11.2. The molecular weight excluding hydrogens is 464 g/mol. The van der Waals surface area contributed by atoms with Gasteiger partial charge in [-0.2, -0.15) is 5.26 Å². The number of nitrogens with zero attached hydrogens (tertiary/aromatic N) is 6. The molecule has 0 bridgehead atoms. The molecule has 0 saturated heterocycles. The largest absolute Gasteiger partial charge is 0.332 e. The number of carbonyl (C=O) groups excluding carboxylic acids is 1. The molecule has 0 N–H and O–H groups in total. The number of nitriles is 1. The van der Waals surface area contributed by atoms with Gasteiger partial charge in [0.25, 0.3) is 5.56 Å². The van der Waals surface area contributed by atoms with Gasteiger partial charge in [-0.3, -0.25) is 18.7 Å². The van der Waals surface area contributed by atoms with E-state index in [2.05, 4.69) is 16.0 Å². The first-order valence-corrected chi connectivity index (χ1v) is 12.2. The third-order valence-electron chi connectivity index (χ3n) is 5.54. The fourth-order valence-electron chi connectivity index (χ4n) is 3.74. The number of hydrogen-bond donors (Lipinski definition) is 0. The molecule has 9 nitrogen and oxygen atoms in total. The summed E-state index contributed by atoms with van der Waals surface area (Å²) in [7, 11) is 2.97. The summed E-state index contributed by atoms with van der Waals surface area (Å²) in [6.07, 6.45) is 0.191. The van der Waals surface area contributed by atoms with Crippen LogP contribution in [0, 0.1) is 25.2 Å². The molecule has 2 heterocycles. The van der Waals surface area contributed by atoms with Gasteiger partial charge < -0.3 is 4.90 Å². The third-order valence-corrected chi connectivity index (χ3v) is 6.50. The lowest BCUT2D eigenvalue weighted by molar-refractivity contribution is -0.116. The highest BCUT2D eigenvalue weighted by atomic mass is 32.2. The average Bonchev–Trinajstić information content (AvgIpc) is 2.78. The Hall–Kier alpha value is -3.45. The quantitative estimate of drug-likeness (QED) is 0.382. The van der Waals surface area contributed by atoms with Crippen molar-refractivity contribution >= 4 is 34.4 Å². The van der Waals surface area contributed by atoms with Crippen molar-refractivity contribution in [1.82, 2.24) is 19.1 Å². The van der Waals surface area contributed by atoms with Gasteiger partial charge in [-0.15, -0.1) is 0 Å². The summed E-state index contributed by atoms with van der Waals surface area (Å²) in [6, 6.07) is 7.95. The Bertz CT molecular complexity index is 1440. The monoisotopic (exact) mass is 494 g/mol. The Balaban J connectivity index is 2.07. The number of amides is 1. The topological polar surface area (TPSA) is 114 Å². The van der Waals surface area contributed by atoms with E-state index in [1.54, 1.807) is 11.9 Å². The van der Waals surface area contributed by atoms with Crippen LogP contribution < -0.4 is 16.1 Å². The molecule has 0 aliphatic heterocycles. The summed E-state index contributed by atoms with van der Waals surface area (Å²) in [6.45, 7) is 10.00. The molecule has 0 spiro atoms. The highest BCUT2D eigenvalue weighted by molar-refractivity contribution is 8.00. The standard InChI is InChI=1S/C25H30N6O3S/c1-15-11-16(2)13-17(12-15)31(10-8-9-26)18(32)14-35-21-19-20(27-23(28-21)25(3,4)5)29(6)24(34)30(7)22(19)33/h11-13H,8,10,14H2,1-7H3. The van der Waals surface area contributed by atoms with Crippen LogP contribution in [-0.2, 0) is 24.3 Å². The predicted molar refractivity (Wildman–Crippen MR) is 138 cm³/mol. The Labute approximate surface area is 208 Å². The van der Waals surface area contributed by atoms with Gasteiger partial charge in [0.1, 0.15) is 16.2 Å². The molecule has 0 saturated carbocycles.